The molecular formula is C34H34ClF2N3O3S. The lowest BCUT2D eigenvalue weighted by molar-refractivity contribution is -0.686. The van der Waals surface area contributed by atoms with Gasteiger partial charge in [-0.05, 0) is 54.8 Å². The molecule has 0 unspecified atom stereocenters. The van der Waals surface area contributed by atoms with Gasteiger partial charge in [0.1, 0.15) is 35.3 Å². The summed E-state index contributed by atoms with van der Waals surface area (Å²) >= 11 is 1.32. The van der Waals surface area contributed by atoms with E-state index in [0.717, 1.165) is 53.7 Å². The maximum Gasteiger partial charge on any atom is 0.332 e. The number of halogens is 3. The van der Waals surface area contributed by atoms with Crippen LogP contribution in [0.2, 0.25) is 0 Å². The van der Waals surface area contributed by atoms with Crippen LogP contribution in [-0.4, -0.2) is 16.2 Å². The van der Waals surface area contributed by atoms with Crippen LogP contribution in [0.15, 0.2) is 82.4 Å². The van der Waals surface area contributed by atoms with Crippen LogP contribution in [0, 0.1) is 11.6 Å². The van der Waals surface area contributed by atoms with Crippen molar-refractivity contribution in [3.05, 3.63) is 122 Å². The van der Waals surface area contributed by atoms with Gasteiger partial charge in [-0.2, -0.15) is 0 Å². The standard InChI is InChI=1S/C34H33F2N3O3S.ClH/c1-42-25-17-15-23(16-18-25)31-26(20-37-19-22-9-4-2-5-10-22)30-32(40)39(24-11-6-3-7-12-24)34(41)38(33(30)43-31)21-27-28(35)13-8-14-29(27)36;/h2,4-5,8-10,13-18,24,37H,3,6-7,11-12,19-21H2,1H3;1H. The molecule has 0 saturated heterocycles. The minimum Gasteiger partial charge on any atom is -1.00 e. The molecule has 230 valence electrons. The van der Waals surface area contributed by atoms with Gasteiger partial charge in [0.15, 0.2) is 0 Å². The largest absolute Gasteiger partial charge is 1.00 e. The van der Waals surface area contributed by atoms with Crippen LogP contribution in [-0.2, 0) is 19.6 Å². The monoisotopic (exact) mass is 637 g/mol. The maximum atomic E-state index is 14.9. The number of nitrogens with two attached hydrogens (primary N) is 1. The van der Waals surface area contributed by atoms with Gasteiger partial charge in [-0.25, -0.2) is 13.6 Å². The predicted octanol–water partition coefficient (Wildman–Crippen LogP) is 3.00. The molecule has 1 aliphatic carbocycles. The Morgan fingerprint density at radius 3 is 2.20 bits per heavy atom. The van der Waals surface area contributed by atoms with Gasteiger partial charge in [-0.1, -0.05) is 55.7 Å². The van der Waals surface area contributed by atoms with Gasteiger partial charge in [0, 0.05) is 27.6 Å². The number of rotatable bonds is 9. The van der Waals surface area contributed by atoms with Crippen molar-refractivity contribution in [1.29, 1.82) is 0 Å². The van der Waals surface area contributed by atoms with Crippen molar-refractivity contribution in [2.45, 2.75) is 57.8 Å². The molecule has 1 fully saturated rings. The molecule has 6 rings (SSSR count). The highest BCUT2D eigenvalue weighted by Gasteiger charge is 2.28. The first-order valence-electron chi connectivity index (χ1n) is 14.7. The molecule has 2 aromatic heterocycles. The quantitative estimate of drug-likeness (QED) is 0.270. The average molecular weight is 638 g/mol. The molecule has 0 bridgehead atoms. The molecular weight excluding hydrogens is 604 g/mol. The van der Waals surface area contributed by atoms with Crippen molar-refractivity contribution in [3.8, 4) is 16.2 Å². The van der Waals surface area contributed by atoms with E-state index in [2.05, 4.69) is 17.4 Å². The number of methoxy groups -OCH3 is 1. The van der Waals surface area contributed by atoms with E-state index >= 15 is 0 Å². The van der Waals surface area contributed by atoms with Crippen LogP contribution in [0.5, 0.6) is 5.75 Å². The van der Waals surface area contributed by atoms with E-state index in [9.17, 15) is 18.4 Å². The van der Waals surface area contributed by atoms with Gasteiger partial charge in [0.2, 0.25) is 0 Å². The number of nitrogens with zero attached hydrogens (tertiary/aromatic N) is 2. The SMILES string of the molecule is COc1ccc(-c2sc3c(c2C[NH2+]Cc2ccccc2)c(=O)n(C2CCCCC2)c(=O)n3Cc2c(F)cccc2F)cc1.[Cl-]. The molecule has 2 N–H and O–H groups in total. The molecule has 0 radical (unpaired) electrons. The molecule has 0 aliphatic heterocycles. The Balaban J connectivity index is 0.00000384. The first kappa shape index (κ1) is 31.6. The van der Waals surface area contributed by atoms with E-state index in [1.165, 1.54) is 38.7 Å². The number of hydrogen-bond acceptors (Lipinski definition) is 4. The number of aromatic nitrogens is 2. The molecule has 3 aromatic carbocycles. The minimum absolute atomic E-state index is 0. The highest BCUT2D eigenvalue weighted by atomic mass is 35.5. The number of thiophene rings is 1. The summed E-state index contributed by atoms with van der Waals surface area (Å²) in [5.74, 6) is -0.744. The number of quaternary nitrogens is 1. The predicted molar refractivity (Wildman–Crippen MR) is 166 cm³/mol. The zero-order valence-corrected chi connectivity index (χ0v) is 26.0. The zero-order chi connectivity index (χ0) is 29.9. The van der Waals surface area contributed by atoms with E-state index in [4.69, 9.17) is 4.74 Å². The van der Waals surface area contributed by atoms with Crippen LogP contribution >= 0.6 is 11.3 Å². The lowest BCUT2D eigenvalue weighted by atomic mass is 9.95. The van der Waals surface area contributed by atoms with Crippen LogP contribution in [0.4, 0.5) is 8.78 Å². The van der Waals surface area contributed by atoms with Crippen LogP contribution in [0.3, 0.4) is 0 Å². The Labute approximate surface area is 264 Å². The molecule has 1 saturated carbocycles. The third kappa shape index (κ3) is 6.22. The van der Waals surface area contributed by atoms with Crippen molar-refractivity contribution in [2.75, 3.05) is 7.11 Å². The summed E-state index contributed by atoms with van der Waals surface area (Å²) in [4.78, 5) is 29.8. The van der Waals surface area contributed by atoms with E-state index in [0.29, 0.717) is 29.1 Å². The van der Waals surface area contributed by atoms with Gasteiger partial charge < -0.3 is 22.5 Å². The molecule has 44 heavy (non-hydrogen) atoms. The van der Waals surface area contributed by atoms with E-state index in [-0.39, 0.29) is 36.1 Å². The first-order valence-corrected chi connectivity index (χ1v) is 15.5. The summed E-state index contributed by atoms with van der Waals surface area (Å²) in [7, 11) is 1.60. The van der Waals surface area contributed by atoms with Crippen molar-refractivity contribution in [3.63, 3.8) is 0 Å². The number of hydrogen-bond donors (Lipinski definition) is 1. The van der Waals surface area contributed by atoms with Gasteiger partial charge >= 0.3 is 5.69 Å². The highest BCUT2D eigenvalue weighted by molar-refractivity contribution is 7.22. The van der Waals surface area contributed by atoms with Crippen LogP contribution in [0.1, 0.15) is 54.8 Å². The van der Waals surface area contributed by atoms with E-state index in [1.807, 2.05) is 42.5 Å². The van der Waals surface area contributed by atoms with E-state index < -0.39 is 17.3 Å². The Bertz CT molecular complexity index is 1840. The molecule has 0 atom stereocenters. The maximum absolute atomic E-state index is 14.9. The normalized spacial score (nSPS) is 13.6. The Morgan fingerprint density at radius 1 is 0.864 bits per heavy atom. The van der Waals surface area contributed by atoms with Crippen molar-refractivity contribution >= 4 is 21.6 Å². The molecule has 5 aromatic rings. The number of ether oxygens (including phenoxy) is 1. The first-order chi connectivity index (χ1) is 21.0. The summed E-state index contributed by atoms with van der Waals surface area (Å²) in [5.41, 5.74) is 1.81. The van der Waals surface area contributed by atoms with Gasteiger partial charge in [0.25, 0.3) is 5.56 Å². The Kier molecular flexibility index (Phi) is 9.98. The Hall–Kier alpha value is -3.79. The zero-order valence-electron chi connectivity index (χ0n) is 24.4. The summed E-state index contributed by atoms with van der Waals surface area (Å²) in [6.07, 6.45) is 4.35. The minimum atomic E-state index is -0.723. The molecule has 10 heteroatoms. The molecule has 0 spiro atoms. The fraction of sp³-hybridized carbons (Fsp3) is 0.294. The molecule has 1 aliphatic rings. The van der Waals surface area contributed by atoms with Crippen LogP contribution < -0.4 is 33.7 Å². The lowest BCUT2D eigenvalue weighted by Crippen LogP contribution is -3.00. The third-order valence-electron chi connectivity index (χ3n) is 8.34. The summed E-state index contributed by atoms with van der Waals surface area (Å²) < 4.78 is 38.0. The molecule has 2 heterocycles. The van der Waals surface area contributed by atoms with Crippen LogP contribution in [0.25, 0.3) is 20.7 Å². The molecule has 6 nitrogen and oxygen atoms in total. The lowest BCUT2D eigenvalue weighted by Gasteiger charge is -2.24. The highest BCUT2D eigenvalue weighted by Crippen LogP contribution is 2.38. The second-order valence-corrected chi connectivity index (χ2v) is 12.0. The van der Waals surface area contributed by atoms with Crippen molar-refractivity contribution in [1.82, 2.24) is 9.13 Å². The van der Waals surface area contributed by atoms with Gasteiger partial charge in [0.05, 0.1) is 19.0 Å². The fourth-order valence-corrected chi connectivity index (χ4v) is 7.42. The van der Waals surface area contributed by atoms with Gasteiger partial charge in [-0.15, -0.1) is 11.3 Å². The second kappa shape index (κ2) is 13.9. The fourth-order valence-electron chi connectivity index (χ4n) is 6.10. The Morgan fingerprint density at radius 2 is 1.55 bits per heavy atom. The second-order valence-electron chi connectivity index (χ2n) is 11.0. The summed E-state index contributed by atoms with van der Waals surface area (Å²) in [6, 6.07) is 21.1. The van der Waals surface area contributed by atoms with Gasteiger partial charge in [-0.3, -0.25) is 13.9 Å². The average Bonchev–Trinajstić information content (AvgIpc) is 3.41. The summed E-state index contributed by atoms with van der Waals surface area (Å²) in [6.45, 7) is 0.885. The number of fused-ring (bicyclic) bond motifs is 1. The summed E-state index contributed by atoms with van der Waals surface area (Å²) in [5, 5.41) is 2.59. The topological polar surface area (TPSA) is 69.8 Å². The molecule has 0 amide bonds. The third-order valence-corrected chi connectivity index (χ3v) is 9.65. The smallest absolute Gasteiger partial charge is 0.332 e. The van der Waals surface area contributed by atoms with E-state index in [1.54, 1.807) is 7.11 Å². The number of benzene rings is 3. The van der Waals surface area contributed by atoms with Crippen molar-refractivity contribution < 1.29 is 31.2 Å². The van der Waals surface area contributed by atoms with Crippen molar-refractivity contribution in [2.24, 2.45) is 0 Å².